The quantitative estimate of drug-likeness (QED) is 0.267. The van der Waals surface area contributed by atoms with Gasteiger partial charge in [-0.1, -0.05) is 26.0 Å². The molecule has 3 aromatic heterocycles. The molecule has 8 rings (SSSR count). The monoisotopic (exact) mass is 456 g/mol. The topological polar surface area (TPSA) is 20.9 Å². The molecule has 3 heteroatoms. The molecule has 3 nitrogen and oxygen atoms in total. The number of fused-ring (bicyclic) bond motifs is 14. The Morgan fingerprint density at radius 2 is 1.66 bits per heavy atom. The SMILES string of the molecule is CC(C)c1ccc2[n+](c1)C1(c3ccccc3-c3cccc[n+]31)c1ccc3c4c(oc3c1-2)CCCC4. The lowest BCUT2D eigenvalue weighted by Gasteiger charge is -2.18. The summed E-state index contributed by atoms with van der Waals surface area (Å²) in [6, 6.07) is 24.8. The maximum absolute atomic E-state index is 6.72. The summed E-state index contributed by atoms with van der Waals surface area (Å²) in [6.07, 6.45) is 9.29. The van der Waals surface area contributed by atoms with Gasteiger partial charge < -0.3 is 4.42 Å². The van der Waals surface area contributed by atoms with Crippen LogP contribution in [-0.2, 0) is 18.5 Å². The van der Waals surface area contributed by atoms with E-state index < -0.39 is 5.66 Å². The third kappa shape index (κ3) is 2.27. The van der Waals surface area contributed by atoms with Crippen LogP contribution < -0.4 is 9.13 Å². The first kappa shape index (κ1) is 19.6. The molecule has 1 aliphatic carbocycles. The van der Waals surface area contributed by atoms with Gasteiger partial charge in [-0.25, -0.2) is 0 Å². The van der Waals surface area contributed by atoms with Crippen molar-refractivity contribution < 1.29 is 13.6 Å². The largest absolute Gasteiger partial charge is 0.460 e. The number of aryl methyl sites for hydroxylation is 2. The second-order valence-corrected chi connectivity index (χ2v) is 10.6. The molecule has 0 saturated heterocycles. The van der Waals surface area contributed by atoms with Gasteiger partial charge in [-0.3, -0.25) is 0 Å². The summed E-state index contributed by atoms with van der Waals surface area (Å²) >= 11 is 0. The van der Waals surface area contributed by atoms with Crippen molar-refractivity contribution in [1.29, 1.82) is 0 Å². The average molecular weight is 457 g/mol. The molecule has 170 valence electrons. The van der Waals surface area contributed by atoms with Crippen molar-refractivity contribution in [3.05, 3.63) is 107 Å². The standard InChI is InChI=1S/C32H28N2O/c1-20(2)21-14-17-28-30-26(16-15-23-22-9-4-6-13-29(22)35-31(23)30)32(34(28)19-21)25-11-5-3-10-24(25)27-12-7-8-18-33(27)32/h3,5,7-8,10-12,14-20H,4,6,9,13H2,1-2H3/q+2. The van der Waals surface area contributed by atoms with Crippen LogP contribution in [0, 0.1) is 0 Å². The number of hydrogen-bond donors (Lipinski definition) is 0. The van der Waals surface area contributed by atoms with Gasteiger partial charge in [0.15, 0.2) is 12.4 Å². The van der Waals surface area contributed by atoms with Crippen molar-refractivity contribution in [1.82, 2.24) is 0 Å². The first-order valence-corrected chi connectivity index (χ1v) is 12.9. The van der Waals surface area contributed by atoms with Crippen molar-refractivity contribution in [2.24, 2.45) is 0 Å². The zero-order chi connectivity index (χ0) is 23.3. The highest BCUT2D eigenvalue weighted by Crippen LogP contribution is 2.50. The minimum atomic E-state index is -0.468. The Hall–Kier alpha value is -3.72. The van der Waals surface area contributed by atoms with Crippen LogP contribution in [0.3, 0.4) is 0 Å². The molecule has 0 bridgehead atoms. The fourth-order valence-electron chi connectivity index (χ4n) is 6.94. The van der Waals surface area contributed by atoms with E-state index in [9.17, 15) is 0 Å². The Labute approximate surface area is 205 Å². The minimum absolute atomic E-state index is 0.446. The second kappa shape index (κ2) is 6.69. The lowest BCUT2D eigenvalue weighted by molar-refractivity contribution is -0.955. The van der Waals surface area contributed by atoms with Gasteiger partial charge >= 0.3 is 5.66 Å². The molecular formula is C32H28N2O+2. The van der Waals surface area contributed by atoms with E-state index in [2.05, 4.69) is 102 Å². The van der Waals surface area contributed by atoms with E-state index in [0.29, 0.717) is 5.92 Å². The number of rotatable bonds is 1. The Bertz CT molecular complexity index is 1640. The van der Waals surface area contributed by atoms with E-state index in [-0.39, 0.29) is 0 Å². The van der Waals surface area contributed by atoms with Crippen LogP contribution in [0.4, 0.5) is 0 Å². The van der Waals surface area contributed by atoms with Gasteiger partial charge in [-0.05, 0) is 61.6 Å². The van der Waals surface area contributed by atoms with Crippen LogP contribution in [0.1, 0.15) is 60.6 Å². The van der Waals surface area contributed by atoms with E-state index in [0.717, 1.165) is 18.4 Å². The molecule has 2 aliphatic heterocycles. The number of furan rings is 1. The second-order valence-electron chi connectivity index (χ2n) is 10.6. The predicted octanol–water partition coefficient (Wildman–Crippen LogP) is 6.27. The highest BCUT2D eigenvalue weighted by Gasteiger charge is 2.67. The van der Waals surface area contributed by atoms with Crippen LogP contribution in [0.25, 0.3) is 33.5 Å². The number of pyridine rings is 2. The first-order chi connectivity index (χ1) is 17.2. The molecule has 35 heavy (non-hydrogen) atoms. The van der Waals surface area contributed by atoms with Gasteiger partial charge in [0.2, 0.25) is 11.4 Å². The first-order valence-electron chi connectivity index (χ1n) is 12.9. The highest BCUT2D eigenvalue weighted by molar-refractivity contribution is 5.97. The average Bonchev–Trinajstić information content (AvgIpc) is 3.52. The minimum Gasteiger partial charge on any atom is -0.460 e. The van der Waals surface area contributed by atoms with Crippen molar-refractivity contribution in [3.63, 3.8) is 0 Å². The third-order valence-electron chi connectivity index (χ3n) is 8.53. The molecule has 1 unspecified atom stereocenters. The van der Waals surface area contributed by atoms with Gasteiger partial charge in [0.1, 0.15) is 28.0 Å². The number of hydrogen-bond acceptors (Lipinski definition) is 1. The summed E-state index contributed by atoms with van der Waals surface area (Å²) in [5.41, 5.74) is 11.1. The molecule has 1 spiro atoms. The lowest BCUT2D eigenvalue weighted by Crippen LogP contribution is -2.71. The van der Waals surface area contributed by atoms with Crippen molar-refractivity contribution in [2.75, 3.05) is 0 Å². The van der Waals surface area contributed by atoms with E-state index in [1.54, 1.807) is 0 Å². The molecule has 0 radical (unpaired) electrons. The third-order valence-corrected chi connectivity index (χ3v) is 8.53. The van der Waals surface area contributed by atoms with Crippen LogP contribution in [-0.4, -0.2) is 0 Å². The van der Waals surface area contributed by atoms with Crippen LogP contribution in [0.5, 0.6) is 0 Å². The molecule has 5 heterocycles. The summed E-state index contributed by atoms with van der Waals surface area (Å²) in [6.45, 7) is 4.55. The molecule has 1 atom stereocenters. The van der Waals surface area contributed by atoms with E-state index in [4.69, 9.17) is 4.42 Å². The maximum atomic E-state index is 6.72. The van der Waals surface area contributed by atoms with Gasteiger partial charge in [0.25, 0.3) is 0 Å². The smallest absolute Gasteiger partial charge is 0.417 e. The Balaban J connectivity index is 1.57. The molecule has 0 amide bonds. The molecule has 0 saturated carbocycles. The molecule has 0 N–H and O–H groups in total. The summed E-state index contributed by atoms with van der Waals surface area (Å²) in [5, 5.41) is 1.31. The fourth-order valence-corrected chi connectivity index (χ4v) is 6.94. The Morgan fingerprint density at radius 3 is 2.57 bits per heavy atom. The van der Waals surface area contributed by atoms with Gasteiger partial charge in [-0.2, -0.15) is 0 Å². The molecule has 2 aromatic carbocycles. The van der Waals surface area contributed by atoms with E-state index in [1.165, 1.54) is 68.8 Å². The van der Waals surface area contributed by atoms with Crippen LogP contribution in [0.2, 0.25) is 0 Å². The fraction of sp³-hybridized carbons (Fsp3) is 0.250. The summed E-state index contributed by atoms with van der Waals surface area (Å²) in [7, 11) is 0. The molecule has 0 fully saturated rings. The van der Waals surface area contributed by atoms with Gasteiger partial charge in [0.05, 0.1) is 5.56 Å². The molecule has 3 aliphatic rings. The van der Waals surface area contributed by atoms with Crippen molar-refractivity contribution in [2.45, 2.75) is 51.1 Å². The predicted molar refractivity (Wildman–Crippen MR) is 136 cm³/mol. The zero-order valence-corrected chi connectivity index (χ0v) is 20.2. The zero-order valence-electron chi connectivity index (χ0n) is 20.2. The van der Waals surface area contributed by atoms with Crippen molar-refractivity contribution in [3.8, 4) is 22.5 Å². The van der Waals surface area contributed by atoms with Gasteiger partial charge in [0, 0.05) is 41.1 Å². The molecule has 5 aromatic rings. The number of aromatic nitrogens is 2. The maximum Gasteiger partial charge on any atom is 0.417 e. The Kier molecular flexibility index (Phi) is 3.74. The van der Waals surface area contributed by atoms with Gasteiger partial charge in [-0.15, -0.1) is 9.13 Å². The summed E-state index contributed by atoms with van der Waals surface area (Å²) in [5.74, 6) is 1.65. The van der Waals surface area contributed by atoms with E-state index >= 15 is 0 Å². The lowest BCUT2D eigenvalue weighted by atomic mass is 9.88. The number of benzene rings is 2. The highest BCUT2D eigenvalue weighted by atomic mass is 16.3. The van der Waals surface area contributed by atoms with Crippen LogP contribution in [0.15, 0.2) is 83.5 Å². The summed E-state index contributed by atoms with van der Waals surface area (Å²) in [4.78, 5) is 0. The molecular weight excluding hydrogens is 428 g/mol. The Morgan fingerprint density at radius 1 is 0.800 bits per heavy atom. The van der Waals surface area contributed by atoms with Crippen LogP contribution >= 0.6 is 0 Å². The normalized spacial score (nSPS) is 19.1. The number of nitrogens with zero attached hydrogens (tertiary/aromatic N) is 2. The summed E-state index contributed by atoms with van der Waals surface area (Å²) < 4.78 is 11.7. The van der Waals surface area contributed by atoms with Crippen molar-refractivity contribution >= 4 is 11.0 Å². The van der Waals surface area contributed by atoms with E-state index in [1.807, 2.05) is 0 Å².